The highest BCUT2D eigenvalue weighted by Gasteiger charge is 2.19. The average molecular weight is 369 g/mol. The lowest BCUT2D eigenvalue weighted by atomic mass is 10.2. The molecule has 1 fully saturated rings. The van der Waals surface area contributed by atoms with Gasteiger partial charge in [-0.15, -0.1) is 0 Å². The second-order valence-corrected chi connectivity index (χ2v) is 7.47. The summed E-state index contributed by atoms with van der Waals surface area (Å²) >= 11 is 5.90. The van der Waals surface area contributed by atoms with Crippen LogP contribution in [0.2, 0.25) is 5.02 Å². The van der Waals surface area contributed by atoms with Gasteiger partial charge in [-0.25, -0.2) is 18.4 Å². The highest BCUT2D eigenvalue weighted by molar-refractivity contribution is 7.92. The Labute approximate surface area is 145 Å². The molecule has 1 aliphatic heterocycles. The van der Waals surface area contributed by atoms with Crippen LogP contribution < -0.4 is 9.62 Å². The van der Waals surface area contributed by atoms with Gasteiger partial charge in [0.15, 0.2) is 0 Å². The minimum absolute atomic E-state index is 0.132. The van der Waals surface area contributed by atoms with E-state index in [0.717, 1.165) is 0 Å². The fourth-order valence-electron chi connectivity index (χ4n) is 2.37. The monoisotopic (exact) mass is 368 g/mol. The molecule has 1 aromatic heterocycles. The Balaban J connectivity index is 1.78. The second-order valence-electron chi connectivity index (χ2n) is 5.39. The molecule has 0 amide bonds. The van der Waals surface area contributed by atoms with Gasteiger partial charge in [0.25, 0.3) is 10.0 Å². The van der Waals surface area contributed by atoms with Crippen LogP contribution >= 0.6 is 11.6 Å². The van der Waals surface area contributed by atoms with Gasteiger partial charge >= 0.3 is 0 Å². The Morgan fingerprint density at radius 1 is 1.21 bits per heavy atom. The molecule has 0 bridgehead atoms. The van der Waals surface area contributed by atoms with Crippen molar-refractivity contribution in [1.82, 2.24) is 9.97 Å². The van der Waals surface area contributed by atoms with Crippen molar-refractivity contribution in [3.63, 3.8) is 0 Å². The van der Waals surface area contributed by atoms with E-state index in [2.05, 4.69) is 14.7 Å². The molecule has 0 saturated carbocycles. The SMILES string of the molecule is Cc1ccc(Cl)cc1S(=O)(=O)Nc1cnc(N2CCOCC2)nc1. The van der Waals surface area contributed by atoms with Gasteiger partial charge < -0.3 is 9.64 Å². The number of rotatable bonds is 4. The molecule has 1 aromatic carbocycles. The molecule has 0 radical (unpaired) electrons. The van der Waals surface area contributed by atoms with Crippen molar-refractivity contribution in [2.45, 2.75) is 11.8 Å². The second kappa shape index (κ2) is 6.92. The largest absolute Gasteiger partial charge is 0.378 e. The zero-order valence-electron chi connectivity index (χ0n) is 13.1. The first kappa shape index (κ1) is 16.9. The van der Waals surface area contributed by atoms with Gasteiger partial charge in [0, 0.05) is 18.1 Å². The highest BCUT2D eigenvalue weighted by Crippen LogP contribution is 2.22. The van der Waals surface area contributed by atoms with E-state index < -0.39 is 10.0 Å². The van der Waals surface area contributed by atoms with E-state index in [0.29, 0.717) is 48.5 Å². The molecule has 2 heterocycles. The molecule has 128 valence electrons. The van der Waals surface area contributed by atoms with Gasteiger partial charge in [-0.05, 0) is 24.6 Å². The Bertz CT molecular complexity index is 821. The normalized spacial score (nSPS) is 15.3. The molecular weight excluding hydrogens is 352 g/mol. The zero-order valence-corrected chi connectivity index (χ0v) is 14.6. The minimum atomic E-state index is -3.75. The third kappa shape index (κ3) is 3.77. The molecule has 0 unspecified atom stereocenters. The number of aromatic nitrogens is 2. The molecule has 2 aromatic rings. The van der Waals surface area contributed by atoms with Crippen LogP contribution in [0.5, 0.6) is 0 Å². The first-order valence-electron chi connectivity index (χ1n) is 7.39. The zero-order chi connectivity index (χ0) is 17.2. The lowest BCUT2D eigenvalue weighted by molar-refractivity contribution is 0.122. The number of nitrogens with zero attached hydrogens (tertiary/aromatic N) is 3. The van der Waals surface area contributed by atoms with Gasteiger partial charge in [-0.3, -0.25) is 4.72 Å². The van der Waals surface area contributed by atoms with Crippen molar-refractivity contribution in [1.29, 1.82) is 0 Å². The molecule has 1 saturated heterocycles. The van der Waals surface area contributed by atoms with E-state index in [1.165, 1.54) is 18.5 Å². The number of morpholine rings is 1. The summed E-state index contributed by atoms with van der Waals surface area (Å²) in [4.78, 5) is 10.6. The van der Waals surface area contributed by atoms with Crippen LogP contribution in [0, 0.1) is 6.92 Å². The summed E-state index contributed by atoms with van der Waals surface area (Å²) in [5, 5.41) is 0.361. The number of aryl methyl sites for hydroxylation is 1. The summed E-state index contributed by atoms with van der Waals surface area (Å²) in [5.74, 6) is 0.556. The number of benzene rings is 1. The van der Waals surface area contributed by atoms with Crippen LogP contribution in [-0.2, 0) is 14.8 Å². The number of sulfonamides is 1. The third-order valence-electron chi connectivity index (χ3n) is 3.62. The summed E-state index contributed by atoms with van der Waals surface area (Å²) in [7, 11) is -3.75. The van der Waals surface area contributed by atoms with E-state index in [1.807, 2.05) is 4.90 Å². The molecule has 1 N–H and O–H groups in total. The maximum Gasteiger partial charge on any atom is 0.262 e. The lowest BCUT2D eigenvalue weighted by Crippen LogP contribution is -2.37. The van der Waals surface area contributed by atoms with Gasteiger partial charge in [-0.1, -0.05) is 17.7 Å². The Morgan fingerprint density at radius 3 is 2.54 bits per heavy atom. The summed E-state index contributed by atoms with van der Waals surface area (Å²) in [6, 6.07) is 4.73. The summed E-state index contributed by atoms with van der Waals surface area (Å²) in [6.45, 7) is 4.40. The average Bonchev–Trinajstić information content (AvgIpc) is 2.58. The Kier molecular flexibility index (Phi) is 4.88. The minimum Gasteiger partial charge on any atom is -0.378 e. The number of hydrogen-bond acceptors (Lipinski definition) is 6. The fourth-order valence-corrected chi connectivity index (χ4v) is 3.91. The molecule has 3 rings (SSSR count). The molecule has 7 nitrogen and oxygen atoms in total. The molecule has 0 atom stereocenters. The quantitative estimate of drug-likeness (QED) is 0.889. The third-order valence-corrected chi connectivity index (χ3v) is 5.38. The maximum absolute atomic E-state index is 12.5. The van der Waals surface area contributed by atoms with Crippen LogP contribution in [0.25, 0.3) is 0 Å². The van der Waals surface area contributed by atoms with Gasteiger partial charge in [0.05, 0.1) is 36.2 Å². The van der Waals surface area contributed by atoms with Crippen molar-refractivity contribution in [3.8, 4) is 0 Å². The van der Waals surface area contributed by atoms with Crippen LogP contribution in [0.3, 0.4) is 0 Å². The van der Waals surface area contributed by atoms with Gasteiger partial charge in [0.1, 0.15) is 0 Å². The lowest BCUT2D eigenvalue weighted by Gasteiger charge is -2.26. The Hall–Kier alpha value is -1.90. The van der Waals surface area contributed by atoms with Crippen molar-refractivity contribution in [3.05, 3.63) is 41.2 Å². The van der Waals surface area contributed by atoms with E-state index in [-0.39, 0.29) is 4.90 Å². The van der Waals surface area contributed by atoms with Crippen molar-refractivity contribution < 1.29 is 13.2 Å². The maximum atomic E-state index is 12.5. The molecule has 0 aliphatic carbocycles. The summed E-state index contributed by atoms with van der Waals surface area (Å²) in [6.07, 6.45) is 2.91. The molecule has 0 spiro atoms. The molecule has 1 aliphatic rings. The summed E-state index contributed by atoms with van der Waals surface area (Å²) in [5.41, 5.74) is 0.907. The predicted molar refractivity (Wildman–Crippen MR) is 92.1 cm³/mol. The molecule has 24 heavy (non-hydrogen) atoms. The van der Waals surface area contributed by atoms with Crippen molar-refractivity contribution in [2.24, 2.45) is 0 Å². The molecule has 9 heteroatoms. The number of nitrogens with one attached hydrogen (secondary N) is 1. The predicted octanol–water partition coefficient (Wildman–Crippen LogP) is 2.08. The number of halogens is 1. The first-order chi connectivity index (χ1) is 11.5. The van der Waals surface area contributed by atoms with Crippen molar-refractivity contribution in [2.75, 3.05) is 35.9 Å². The summed E-state index contributed by atoms with van der Waals surface area (Å²) < 4.78 is 32.8. The number of ether oxygens (including phenoxy) is 1. The van der Waals surface area contributed by atoms with Gasteiger partial charge in [-0.2, -0.15) is 0 Å². The fraction of sp³-hybridized carbons (Fsp3) is 0.333. The van der Waals surface area contributed by atoms with E-state index in [9.17, 15) is 8.42 Å². The van der Waals surface area contributed by atoms with Gasteiger partial charge in [0.2, 0.25) is 5.95 Å². The van der Waals surface area contributed by atoms with Crippen LogP contribution in [0.4, 0.5) is 11.6 Å². The topological polar surface area (TPSA) is 84.4 Å². The van der Waals surface area contributed by atoms with E-state index in [4.69, 9.17) is 16.3 Å². The molecular formula is C15H17ClN4O3S. The van der Waals surface area contributed by atoms with E-state index in [1.54, 1.807) is 19.1 Å². The van der Waals surface area contributed by atoms with Crippen LogP contribution in [0.1, 0.15) is 5.56 Å². The number of hydrogen-bond donors (Lipinski definition) is 1. The van der Waals surface area contributed by atoms with Crippen LogP contribution in [-0.4, -0.2) is 44.7 Å². The van der Waals surface area contributed by atoms with Crippen molar-refractivity contribution >= 4 is 33.3 Å². The van der Waals surface area contributed by atoms with Crippen LogP contribution in [0.15, 0.2) is 35.5 Å². The van der Waals surface area contributed by atoms with E-state index >= 15 is 0 Å². The number of anilines is 2. The standard InChI is InChI=1S/C15H17ClN4O3S/c1-11-2-3-12(16)8-14(11)24(21,22)19-13-9-17-15(18-10-13)20-4-6-23-7-5-20/h2-3,8-10,19H,4-7H2,1H3. The Morgan fingerprint density at radius 2 is 1.88 bits per heavy atom. The smallest absolute Gasteiger partial charge is 0.262 e. The highest BCUT2D eigenvalue weighted by atomic mass is 35.5. The first-order valence-corrected chi connectivity index (χ1v) is 9.25.